The number of oxime groups is 1. The topological polar surface area (TPSA) is 166 Å². The van der Waals surface area contributed by atoms with Gasteiger partial charge >= 0.3 is 5.97 Å². The fraction of sp³-hybridized carbons (Fsp3) is 0.375. The molecule has 0 spiro atoms. The molecule has 2 unspecified atom stereocenters. The molecule has 0 aliphatic carbocycles. The summed E-state index contributed by atoms with van der Waals surface area (Å²) in [5.41, 5.74) is 7.60. The zero-order valence-electron chi connectivity index (χ0n) is 26.6. The third-order valence-electron chi connectivity index (χ3n) is 8.53. The number of aliphatic carboxylic acids is 1. The predicted octanol–water partition coefficient (Wildman–Crippen LogP) is 1.79. The number of amides is 2. The largest absolute Gasteiger partial charge is 0.477 e. The van der Waals surface area contributed by atoms with E-state index in [9.17, 15) is 19.5 Å². The van der Waals surface area contributed by atoms with Crippen LogP contribution in [0.1, 0.15) is 24.2 Å². The van der Waals surface area contributed by atoms with Gasteiger partial charge in [0.05, 0.1) is 11.4 Å². The lowest BCUT2D eigenvalue weighted by Gasteiger charge is -2.49. The van der Waals surface area contributed by atoms with Gasteiger partial charge in [-0.15, -0.1) is 41.3 Å². The number of fused-ring (bicyclic) bond motifs is 2. The van der Waals surface area contributed by atoms with Gasteiger partial charge in [-0.2, -0.15) is 4.57 Å². The summed E-state index contributed by atoms with van der Waals surface area (Å²) in [5, 5.41) is 21.8. The van der Waals surface area contributed by atoms with E-state index in [1.54, 1.807) is 6.07 Å². The van der Waals surface area contributed by atoms with Crippen LogP contribution in [0.4, 0.5) is 9.52 Å². The Labute approximate surface area is 294 Å². The third-order valence-corrected chi connectivity index (χ3v) is 11.7. The molecule has 3 aromatic rings. The number of thiazole rings is 1. The van der Waals surface area contributed by atoms with Gasteiger partial charge in [-0.25, -0.2) is 14.2 Å². The molecule has 13 nitrogen and oxygen atoms in total. The lowest BCUT2D eigenvalue weighted by Crippen LogP contribution is -2.71. The highest BCUT2D eigenvalue weighted by atomic mass is 32.2. The summed E-state index contributed by atoms with van der Waals surface area (Å²) in [6.07, 6.45) is 7.17. The van der Waals surface area contributed by atoms with Crippen LogP contribution in [0.15, 0.2) is 51.1 Å². The van der Waals surface area contributed by atoms with Crippen molar-refractivity contribution in [2.24, 2.45) is 5.16 Å². The van der Waals surface area contributed by atoms with E-state index in [1.807, 2.05) is 32.3 Å². The average Bonchev–Trinajstić information content (AvgIpc) is 3.52. The molecule has 17 heteroatoms. The van der Waals surface area contributed by atoms with E-state index < -0.39 is 29.2 Å². The first-order chi connectivity index (χ1) is 23.6. The normalized spacial score (nSPS) is 21.3. The number of carbonyl (C=O) groups is 3. The van der Waals surface area contributed by atoms with Gasteiger partial charge < -0.3 is 26.3 Å². The third kappa shape index (κ3) is 6.83. The molecule has 3 aliphatic heterocycles. The molecule has 2 amide bonds. The van der Waals surface area contributed by atoms with E-state index in [-0.39, 0.29) is 46.5 Å². The first kappa shape index (κ1) is 34.6. The van der Waals surface area contributed by atoms with Crippen LogP contribution in [0.2, 0.25) is 0 Å². The van der Waals surface area contributed by atoms with Crippen LogP contribution < -0.4 is 20.9 Å². The first-order valence-corrected chi connectivity index (χ1v) is 18.3. The van der Waals surface area contributed by atoms with Crippen molar-refractivity contribution in [3.63, 3.8) is 0 Å². The number of pyridine rings is 1. The van der Waals surface area contributed by atoms with Crippen LogP contribution in [0.3, 0.4) is 0 Å². The highest BCUT2D eigenvalue weighted by molar-refractivity contribution is 8.01. The van der Waals surface area contributed by atoms with Gasteiger partial charge in [-0.1, -0.05) is 11.1 Å². The van der Waals surface area contributed by atoms with Crippen molar-refractivity contribution >= 4 is 74.4 Å². The number of hydrogen-bond donors (Lipinski definition) is 4. The van der Waals surface area contributed by atoms with Gasteiger partial charge in [0, 0.05) is 59.1 Å². The Morgan fingerprint density at radius 1 is 1.41 bits per heavy atom. The molecule has 256 valence electrons. The van der Waals surface area contributed by atoms with Crippen LogP contribution in [-0.4, -0.2) is 99.6 Å². The number of nitrogens with zero attached hydrogens (tertiary/aromatic N) is 5. The highest BCUT2D eigenvalue weighted by Gasteiger charge is 2.54. The molecule has 5 N–H and O–H groups in total. The number of nitrogens with two attached hydrogens (primary N) is 1. The van der Waals surface area contributed by atoms with Crippen molar-refractivity contribution in [2.45, 2.75) is 35.8 Å². The molecule has 49 heavy (non-hydrogen) atoms. The second kappa shape index (κ2) is 14.7. The number of carboxylic acid groups (broad SMARTS) is 1. The van der Waals surface area contributed by atoms with Crippen molar-refractivity contribution < 1.29 is 33.3 Å². The van der Waals surface area contributed by atoms with E-state index in [2.05, 4.69) is 36.2 Å². The maximum absolute atomic E-state index is 15.7. The summed E-state index contributed by atoms with van der Waals surface area (Å²) in [5.74, 6) is -0.0347. The number of anilines is 1. The van der Waals surface area contributed by atoms with Gasteiger partial charge in [-0.05, 0) is 25.6 Å². The van der Waals surface area contributed by atoms with Crippen LogP contribution >= 0.6 is 34.9 Å². The Bertz CT molecular complexity index is 1930. The van der Waals surface area contributed by atoms with Crippen LogP contribution in [0, 0.1) is 18.2 Å². The number of halogens is 1. The molecule has 6 rings (SSSR count). The van der Waals surface area contributed by atoms with Crippen LogP contribution in [-0.2, 0) is 25.8 Å². The van der Waals surface area contributed by atoms with E-state index in [0.29, 0.717) is 30.0 Å². The second-order valence-corrected chi connectivity index (χ2v) is 14.5. The SMILES string of the molecule is C#CCO/N=C(\C(=O)NC1C(=O)N2C(C(=O)O)=C(CSc3cc[n+](CC)c4cc(C5CNCCN5C)c(F)cc34)CS[C@H]12)c1csc(N)n1. The maximum atomic E-state index is 15.7. The fourth-order valence-electron chi connectivity index (χ4n) is 6.05. The lowest BCUT2D eigenvalue weighted by molar-refractivity contribution is -0.668. The van der Waals surface area contributed by atoms with Gasteiger partial charge in [-0.3, -0.25) is 19.4 Å². The van der Waals surface area contributed by atoms with E-state index in [0.717, 1.165) is 40.2 Å². The monoisotopic (exact) mass is 725 g/mol. The zero-order valence-corrected chi connectivity index (χ0v) is 29.1. The highest BCUT2D eigenvalue weighted by Crippen LogP contribution is 2.42. The number of aromatic nitrogens is 2. The van der Waals surface area contributed by atoms with Crippen molar-refractivity contribution in [1.82, 2.24) is 25.4 Å². The van der Waals surface area contributed by atoms with E-state index in [1.165, 1.54) is 33.8 Å². The number of carboxylic acids is 1. The van der Waals surface area contributed by atoms with Gasteiger partial charge in [0.1, 0.15) is 35.2 Å². The molecular weight excluding hydrogens is 692 g/mol. The van der Waals surface area contributed by atoms with Crippen molar-refractivity contribution in [3.8, 4) is 12.3 Å². The minimum absolute atomic E-state index is 0.0929. The number of nitrogens with one attached hydrogen (secondary N) is 2. The Hall–Kier alpha value is -4.21. The van der Waals surface area contributed by atoms with E-state index >= 15 is 4.39 Å². The number of hydrogen-bond acceptors (Lipinski definition) is 12. The number of aryl methyl sites for hydroxylation is 1. The first-order valence-electron chi connectivity index (χ1n) is 15.4. The molecule has 1 aromatic carbocycles. The van der Waals surface area contributed by atoms with Gasteiger partial charge in [0.25, 0.3) is 11.8 Å². The minimum Gasteiger partial charge on any atom is -0.477 e. The summed E-state index contributed by atoms with van der Waals surface area (Å²) >= 11 is 3.84. The molecule has 5 heterocycles. The average molecular weight is 726 g/mol. The number of benzene rings is 1. The molecule has 2 saturated heterocycles. The molecule has 3 aliphatic rings. The van der Waals surface area contributed by atoms with Crippen LogP contribution in [0.5, 0.6) is 0 Å². The van der Waals surface area contributed by atoms with Crippen molar-refractivity contribution in [3.05, 3.63) is 58.1 Å². The zero-order chi connectivity index (χ0) is 34.8. The Morgan fingerprint density at radius 2 is 2.22 bits per heavy atom. The van der Waals surface area contributed by atoms with Crippen LogP contribution in [0.25, 0.3) is 10.9 Å². The molecule has 0 radical (unpaired) electrons. The Kier molecular flexibility index (Phi) is 10.4. The smallest absolute Gasteiger partial charge is 0.352 e. The number of likely N-dealkylation sites (N-methyl/N-ethyl adjacent to an activating group) is 1. The van der Waals surface area contributed by atoms with Crippen molar-refractivity contribution in [1.29, 1.82) is 0 Å². The number of piperazine rings is 1. The number of terminal acetylenes is 1. The number of thioether (sulfide) groups is 2. The lowest BCUT2D eigenvalue weighted by atomic mass is 10.0. The predicted molar refractivity (Wildman–Crippen MR) is 186 cm³/mol. The Balaban J connectivity index is 1.22. The number of rotatable bonds is 11. The summed E-state index contributed by atoms with van der Waals surface area (Å²) in [6, 6.07) is 4.30. The van der Waals surface area contributed by atoms with Gasteiger partial charge in [0.2, 0.25) is 5.52 Å². The van der Waals surface area contributed by atoms with E-state index in [4.69, 9.17) is 17.0 Å². The van der Waals surface area contributed by atoms with Gasteiger partial charge in [0.15, 0.2) is 23.6 Å². The molecule has 0 saturated carbocycles. The summed E-state index contributed by atoms with van der Waals surface area (Å²) in [7, 11) is 2.00. The standard InChI is InChI=1S/C32H33FN8O5S3/c1-4-10-46-38-25(21-16-49-32(34)36-21)28(42)37-26-29(43)41-27(31(44)45)17(15-48-30(26)41)14-47-24-6-8-40(5-2)22-12-18(20(33)11-19(22)24)23-13-35-7-9-39(23)3/h1,6,8,11-12,16,23,26,30,35H,5,7,9-10,13-15H2,2-3H3,(H3-,34,36,37,42,44,45)/p+1/b38-25-/t23?,26?,30-/m1/s1. The molecule has 0 bridgehead atoms. The quantitative estimate of drug-likeness (QED) is 0.0433. The number of carbonyl (C=O) groups excluding carboxylic acids is 2. The maximum Gasteiger partial charge on any atom is 0.352 e. The summed E-state index contributed by atoms with van der Waals surface area (Å²) < 4.78 is 17.7. The fourth-order valence-corrected chi connectivity index (χ4v) is 9.12. The molecule has 2 fully saturated rings. The minimum atomic E-state index is -1.25. The summed E-state index contributed by atoms with van der Waals surface area (Å²) in [4.78, 5) is 52.4. The Morgan fingerprint density at radius 3 is 2.92 bits per heavy atom. The number of nitrogen functional groups attached to an aromatic ring is 1. The summed E-state index contributed by atoms with van der Waals surface area (Å²) in [6.45, 7) is 4.85. The van der Waals surface area contributed by atoms with Crippen molar-refractivity contribution in [2.75, 3.05) is 50.5 Å². The molecular formula is C32H34FN8O5S3+. The molecule has 2 aromatic heterocycles. The molecule has 3 atom stereocenters. The number of β-lactam (4-membered cyclic amide) rings is 1. The second-order valence-electron chi connectivity index (χ2n) is 11.5.